The molecule has 1 unspecified atom stereocenters. The van der Waals surface area contributed by atoms with Crippen molar-refractivity contribution in [2.24, 2.45) is 5.73 Å². The molecule has 0 aliphatic carbocycles. The van der Waals surface area contributed by atoms with Gasteiger partial charge in [0.25, 0.3) is 0 Å². The Morgan fingerprint density at radius 2 is 1.88 bits per heavy atom. The van der Waals surface area contributed by atoms with E-state index in [-0.39, 0.29) is 36.2 Å². The number of ether oxygens (including phenoxy) is 3. The van der Waals surface area contributed by atoms with Crippen molar-refractivity contribution in [1.29, 1.82) is 0 Å². The van der Waals surface area contributed by atoms with E-state index in [1.54, 1.807) is 0 Å². The Balaban J connectivity index is 0.00000134. The van der Waals surface area contributed by atoms with Gasteiger partial charge in [-0.15, -0.1) is 0 Å². The zero-order valence-corrected chi connectivity index (χ0v) is 17.8. The summed E-state index contributed by atoms with van der Waals surface area (Å²) in [7, 11) is 1.32. The molecule has 0 aromatic heterocycles. The molecule has 7 nitrogen and oxygen atoms in total. The van der Waals surface area contributed by atoms with E-state index in [0.717, 1.165) is 5.56 Å². The first-order valence-electron chi connectivity index (χ1n) is 7.14. The summed E-state index contributed by atoms with van der Waals surface area (Å²) in [4.78, 5) is 0. The molecular formula is C15H22NNaO6S2. The fraction of sp³-hybridized carbons (Fsp3) is 0.533. The van der Waals surface area contributed by atoms with Gasteiger partial charge in [-0.1, -0.05) is 30.3 Å². The summed E-state index contributed by atoms with van der Waals surface area (Å²) in [6, 6.07) is 8.17. The van der Waals surface area contributed by atoms with Gasteiger partial charge < -0.3 is 60.1 Å². The first kappa shape index (κ1) is 25.2. The van der Waals surface area contributed by atoms with Gasteiger partial charge in [0.1, 0.15) is 24.4 Å². The maximum atomic E-state index is 9.99. The molecular weight excluding hydrogens is 377 g/mol. The summed E-state index contributed by atoms with van der Waals surface area (Å²) in [5.74, 6) is -1.73. The maximum absolute atomic E-state index is 9.99. The first-order valence-corrected chi connectivity index (χ1v) is 8.09. The molecule has 0 amide bonds. The molecule has 5 N–H and O–H groups in total. The fourth-order valence-corrected chi connectivity index (χ4v) is 2.28. The van der Waals surface area contributed by atoms with Crippen LogP contribution in [-0.4, -0.2) is 64.1 Å². The van der Waals surface area contributed by atoms with Crippen LogP contribution in [0.1, 0.15) is 5.56 Å². The van der Waals surface area contributed by atoms with Gasteiger partial charge in [0.15, 0.2) is 0 Å². The van der Waals surface area contributed by atoms with Gasteiger partial charge in [-0.05, 0) is 5.56 Å². The smallest absolute Gasteiger partial charge is 0.436 e. The second-order valence-electron chi connectivity index (χ2n) is 5.02. The topological polar surface area (TPSA) is 114 Å². The van der Waals surface area contributed by atoms with Crippen LogP contribution in [0.5, 0.6) is 0 Å². The van der Waals surface area contributed by atoms with Crippen molar-refractivity contribution in [1.82, 2.24) is 0 Å². The van der Waals surface area contributed by atoms with Crippen LogP contribution in [0.15, 0.2) is 30.3 Å². The third-order valence-corrected chi connectivity index (χ3v) is 3.57. The van der Waals surface area contributed by atoms with E-state index in [4.69, 9.17) is 19.9 Å². The standard InChI is InChI=1S/C14H21NO6.CH2S2.Na/c1-19-14(20-8-9-5-3-2-4-6-9)13(15)12(18)11(17)10(7-16)21-14;2-1-3;/h2-6,10-13,16-18H,7-8,15H2,1H3;1H,(H,2,3);/q;;+1/p-1/t10-,11-,12+,13-,14?;;/m1../s1. The molecule has 0 saturated carbocycles. The second-order valence-corrected chi connectivity index (χ2v) is 5.79. The number of benzene rings is 1. The summed E-state index contributed by atoms with van der Waals surface area (Å²) in [6.45, 7) is -0.353. The molecule has 0 spiro atoms. The van der Waals surface area contributed by atoms with Gasteiger partial charge in [0.2, 0.25) is 0 Å². The average molecular weight is 399 g/mol. The number of methoxy groups -OCH3 is 1. The van der Waals surface area contributed by atoms with Gasteiger partial charge in [0, 0.05) is 7.11 Å². The number of aliphatic hydroxyl groups excluding tert-OH is 3. The average Bonchev–Trinajstić information content (AvgIpc) is 2.61. The van der Waals surface area contributed by atoms with E-state index in [1.807, 2.05) is 30.3 Å². The summed E-state index contributed by atoms with van der Waals surface area (Å²) >= 11 is 8.17. The Labute approximate surface area is 180 Å². The molecule has 1 aromatic rings. The third-order valence-electron chi connectivity index (χ3n) is 3.57. The van der Waals surface area contributed by atoms with Gasteiger partial charge in [0.05, 0.1) is 13.2 Å². The summed E-state index contributed by atoms with van der Waals surface area (Å²) < 4.78 is 17.5. The van der Waals surface area contributed by atoms with Crippen molar-refractivity contribution in [2.75, 3.05) is 13.7 Å². The van der Waals surface area contributed by atoms with Crippen molar-refractivity contribution in [3.63, 3.8) is 0 Å². The molecule has 25 heavy (non-hydrogen) atoms. The monoisotopic (exact) mass is 399 g/mol. The Bertz CT molecular complexity index is 498. The Morgan fingerprint density at radius 1 is 1.32 bits per heavy atom. The molecule has 10 heteroatoms. The molecule has 1 fully saturated rings. The molecule has 1 aromatic carbocycles. The Kier molecular flexibility index (Phi) is 12.7. The van der Waals surface area contributed by atoms with Crippen molar-refractivity contribution >= 4 is 29.5 Å². The number of hydrogen-bond donors (Lipinski definition) is 4. The molecule has 136 valence electrons. The number of rotatable bonds is 5. The molecule has 5 atom stereocenters. The van der Waals surface area contributed by atoms with E-state index in [0.29, 0.717) is 0 Å². The Morgan fingerprint density at radius 3 is 2.36 bits per heavy atom. The summed E-state index contributed by atoms with van der Waals surface area (Å²) in [5.41, 5.74) is 6.74. The maximum Gasteiger partial charge on any atom is 1.00 e. The molecule has 2 rings (SSSR count). The van der Waals surface area contributed by atoms with Gasteiger partial charge >= 0.3 is 35.5 Å². The van der Waals surface area contributed by atoms with Crippen LogP contribution >= 0.6 is 12.2 Å². The van der Waals surface area contributed by atoms with Crippen LogP contribution in [0.3, 0.4) is 0 Å². The number of aliphatic hydroxyl groups is 3. The zero-order chi connectivity index (χ0) is 18.2. The van der Waals surface area contributed by atoms with E-state index < -0.39 is 36.9 Å². The van der Waals surface area contributed by atoms with Gasteiger partial charge in [-0.3, -0.25) is 0 Å². The molecule has 1 saturated heterocycles. The number of hydrogen-bond acceptors (Lipinski definition) is 9. The zero-order valence-electron chi connectivity index (χ0n) is 14.1. The van der Waals surface area contributed by atoms with Crippen LogP contribution in [0.25, 0.3) is 0 Å². The minimum atomic E-state index is -1.73. The number of thiocarbonyl (C=S) groups is 1. The molecule has 0 bridgehead atoms. The number of nitrogens with two attached hydrogens (primary N) is 1. The second kappa shape index (κ2) is 12.6. The van der Waals surface area contributed by atoms with Crippen molar-refractivity contribution < 1.29 is 59.1 Å². The predicted molar refractivity (Wildman–Crippen MR) is 93.9 cm³/mol. The minimum absolute atomic E-state index is 0. The van der Waals surface area contributed by atoms with Crippen LogP contribution in [0.2, 0.25) is 0 Å². The Hall–Kier alpha value is 0.250. The fourth-order valence-electron chi connectivity index (χ4n) is 2.28. The van der Waals surface area contributed by atoms with E-state index in [2.05, 4.69) is 24.8 Å². The van der Waals surface area contributed by atoms with E-state index in [9.17, 15) is 15.3 Å². The van der Waals surface area contributed by atoms with Crippen molar-refractivity contribution in [2.45, 2.75) is 36.9 Å². The summed E-state index contributed by atoms with van der Waals surface area (Å²) in [5, 5.41) is 29.0. The third kappa shape index (κ3) is 6.73. The SMILES string of the molecule is COC1(OCc2ccccc2)O[C@H](CO)[C@@H](O)[C@H](O)[C@H]1N.S=C[S-].[Na+]. The molecule has 1 heterocycles. The summed E-state index contributed by atoms with van der Waals surface area (Å²) in [6.07, 6.45) is -3.70. The first-order chi connectivity index (χ1) is 11.5. The van der Waals surface area contributed by atoms with Gasteiger partial charge in [-0.2, -0.15) is 4.70 Å². The van der Waals surface area contributed by atoms with Gasteiger partial charge in [-0.25, -0.2) is 0 Å². The van der Waals surface area contributed by atoms with Crippen molar-refractivity contribution in [3.05, 3.63) is 35.9 Å². The quantitative estimate of drug-likeness (QED) is 0.173. The van der Waals surface area contributed by atoms with Crippen LogP contribution in [-0.2, 0) is 33.4 Å². The normalized spacial score (nSPS) is 31.2. The van der Waals surface area contributed by atoms with Crippen molar-refractivity contribution in [3.8, 4) is 0 Å². The van der Waals surface area contributed by atoms with Crippen LogP contribution in [0.4, 0.5) is 0 Å². The molecule has 1 aliphatic rings. The minimum Gasteiger partial charge on any atom is -0.436 e. The van der Waals surface area contributed by atoms with E-state index in [1.165, 1.54) is 11.8 Å². The largest absolute Gasteiger partial charge is 1.00 e. The molecule has 0 radical (unpaired) electrons. The molecule has 1 aliphatic heterocycles. The van der Waals surface area contributed by atoms with Crippen LogP contribution < -0.4 is 35.3 Å². The van der Waals surface area contributed by atoms with E-state index >= 15 is 0 Å². The van der Waals surface area contributed by atoms with Crippen LogP contribution in [0, 0.1) is 0 Å². The predicted octanol–water partition coefficient (Wildman–Crippen LogP) is -3.56.